The highest BCUT2D eigenvalue weighted by Crippen LogP contribution is 2.43. The number of thiophene rings is 1. The maximum absolute atomic E-state index is 12.8. The van der Waals surface area contributed by atoms with Crippen molar-refractivity contribution >= 4 is 27.3 Å². The Labute approximate surface area is 170 Å². The number of carbonyl (C=O) groups excluding carboxylic acids is 1. The van der Waals surface area contributed by atoms with Crippen molar-refractivity contribution in [3.8, 4) is 0 Å². The molecule has 1 aliphatic carbocycles. The number of sulfonamides is 1. The second-order valence-electron chi connectivity index (χ2n) is 7.85. The van der Waals surface area contributed by atoms with Crippen LogP contribution in [-0.2, 0) is 20.2 Å². The van der Waals surface area contributed by atoms with Gasteiger partial charge in [0.2, 0.25) is 5.91 Å². The van der Waals surface area contributed by atoms with E-state index in [1.807, 2.05) is 18.2 Å². The molecule has 2 aliphatic rings. The Kier molecular flexibility index (Phi) is 5.58. The lowest BCUT2D eigenvalue weighted by Gasteiger charge is -2.43. The lowest BCUT2D eigenvalue weighted by atomic mass is 9.64. The average Bonchev–Trinajstić information content (AvgIpc) is 3.24. The number of hydrogen-bond donors (Lipinski definition) is 1. The highest BCUT2D eigenvalue weighted by Gasteiger charge is 2.40. The van der Waals surface area contributed by atoms with E-state index in [0.717, 1.165) is 19.3 Å². The summed E-state index contributed by atoms with van der Waals surface area (Å²) in [6.07, 6.45) is 4.80. The van der Waals surface area contributed by atoms with Crippen LogP contribution in [0.1, 0.15) is 37.7 Å². The molecule has 4 rings (SSSR count). The van der Waals surface area contributed by atoms with E-state index in [1.54, 1.807) is 17.5 Å². The van der Waals surface area contributed by atoms with Gasteiger partial charge in [-0.05, 0) is 42.7 Å². The van der Waals surface area contributed by atoms with E-state index in [9.17, 15) is 13.2 Å². The average molecular weight is 419 g/mol. The number of rotatable bonds is 6. The molecule has 1 N–H and O–H groups in total. The largest absolute Gasteiger partial charge is 0.355 e. The molecule has 1 unspecified atom stereocenters. The first-order chi connectivity index (χ1) is 13.5. The van der Waals surface area contributed by atoms with Crippen LogP contribution in [0.25, 0.3) is 0 Å². The molecule has 0 spiro atoms. The standard InChI is InChI=1S/C21H26N2O3S2/c24-20(22-16-21(11-6-12-21)18-8-2-1-3-9-18)17-7-4-13-23(15-17)28(25,26)19-10-5-14-27-19/h1-3,5,8-10,14,17H,4,6-7,11-13,15-16H2,(H,22,24). The minimum atomic E-state index is -3.49. The van der Waals surface area contributed by atoms with Crippen molar-refractivity contribution in [3.63, 3.8) is 0 Å². The van der Waals surface area contributed by atoms with E-state index in [2.05, 4.69) is 17.4 Å². The van der Waals surface area contributed by atoms with E-state index < -0.39 is 10.0 Å². The third kappa shape index (κ3) is 3.75. The van der Waals surface area contributed by atoms with Gasteiger partial charge in [0, 0.05) is 25.0 Å². The molecule has 0 radical (unpaired) electrons. The van der Waals surface area contributed by atoms with Gasteiger partial charge < -0.3 is 5.32 Å². The predicted octanol–water partition coefficient (Wildman–Crippen LogP) is 3.39. The van der Waals surface area contributed by atoms with Gasteiger partial charge in [-0.2, -0.15) is 4.31 Å². The van der Waals surface area contributed by atoms with E-state index in [0.29, 0.717) is 23.7 Å². The Bertz CT molecular complexity index is 906. The van der Waals surface area contributed by atoms with E-state index >= 15 is 0 Å². The molecule has 1 aromatic carbocycles. The third-order valence-electron chi connectivity index (χ3n) is 6.14. The summed E-state index contributed by atoms with van der Waals surface area (Å²) in [4.78, 5) is 12.8. The van der Waals surface area contributed by atoms with Gasteiger partial charge in [-0.3, -0.25) is 4.79 Å². The van der Waals surface area contributed by atoms with Crippen molar-refractivity contribution in [2.24, 2.45) is 5.92 Å². The Morgan fingerprint density at radius 1 is 1.14 bits per heavy atom. The van der Waals surface area contributed by atoms with Crippen LogP contribution < -0.4 is 5.32 Å². The summed E-state index contributed by atoms with van der Waals surface area (Å²) in [6, 6.07) is 13.8. The maximum atomic E-state index is 12.8. The fourth-order valence-corrected chi connectivity index (χ4v) is 6.94. The molecule has 1 amide bonds. The summed E-state index contributed by atoms with van der Waals surface area (Å²) in [5, 5.41) is 4.91. The van der Waals surface area contributed by atoms with E-state index in [4.69, 9.17) is 0 Å². The number of amides is 1. The summed E-state index contributed by atoms with van der Waals surface area (Å²) in [5.41, 5.74) is 1.32. The number of carbonyl (C=O) groups is 1. The molecule has 1 atom stereocenters. The highest BCUT2D eigenvalue weighted by molar-refractivity contribution is 7.91. The quantitative estimate of drug-likeness (QED) is 0.782. The lowest BCUT2D eigenvalue weighted by Crippen LogP contribution is -2.50. The maximum Gasteiger partial charge on any atom is 0.252 e. The number of hydrogen-bond acceptors (Lipinski definition) is 4. The monoisotopic (exact) mass is 418 g/mol. The molecule has 1 saturated carbocycles. The van der Waals surface area contributed by atoms with Crippen LogP contribution in [0.3, 0.4) is 0 Å². The first-order valence-electron chi connectivity index (χ1n) is 9.88. The van der Waals surface area contributed by atoms with Gasteiger partial charge in [-0.15, -0.1) is 11.3 Å². The van der Waals surface area contributed by atoms with E-state index in [1.165, 1.54) is 27.6 Å². The fraction of sp³-hybridized carbons (Fsp3) is 0.476. The zero-order valence-corrected chi connectivity index (χ0v) is 17.5. The molecule has 0 bridgehead atoms. The number of piperidine rings is 1. The molecule has 2 heterocycles. The van der Waals surface area contributed by atoms with Crippen molar-refractivity contribution in [3.05, 3.63) is 53.4 Å². The molecule has 1 saturated heterocycles. The van der Waals surface area contributed by atoms with Crippen molar-refractivity contribution in [1.82, 2.24) is 9.62 Å². The van der Waals surface area contributed by atoms with Crippen molar-refractivity contribution < 1.29 is 13.2 Å². The summed E-state index contributed by atoms with van der Waals surface area (Å²) in [6.45, 7) is 1.38. The Hall–Kier alpha value is -1.70. The van der Waals surface area contributed by atoms with Crippen LogP contribution in [-0.4, -0.2) is 38.3 Å². The third-order valence-corrected chi connectivity index (χ3v) is 9.38. The summed E-state index contributed by atoms with van der Waals surface area (Å²) in [7, 11) is -3.49. The van der Waals surface area contributed by atoms with E-state index in [-0.39, 0.29) is 23.8 Å². The van der Waals surface area contributed by atoms with Gasteiger partial charge in [0.1, 0.15) is 4.21 Å². The molecule has 2 aromatic rings. The van der Waals surface area contributed by atoms with Gasteiger partial charge in [0.25, 0.3) is 10.0 Å². The molecule has 28 heavy (non-hydrogen) atoms. The van der Waals surface area contributed by atoms with Gasteiger partial charge >= 0.3 is 0 Å². The van der Waals surface area contributed by atoms with Gasteiger partial charge in [0.15, 0.2) is 0 Å². The number of nitrogens with one attached hydrogen (secondary N) is 1. The zero-order chi connectivity index (χ0) is 19.6. The Morgan fingerprint density at radius 3 is 2.57 bits per heavy atom. The topological polar surface area (TPSA) is 66.5 Å². The lowest BCUT2D eigenvalue weighted by molar-refractivity contribution is -0.126. The predicted molar refractivity (Wildman–Crippen MR) is 111 cm³/mol. The second-order valence-corrected chi connectivity index (χ2v) is 11.0. The summed E-state index contributed by atoms with van der Waals surface area (Å²) < 4.78 is 27.4. The van der Waals surface area contributed by atoms with Crippen molar-refractivity contribution in [2.45, 2.75) is 41.7 Å². The molecule has 2 fully saturated rings. The van der Waals surface area contributed by atoms with Crippen LogP contribution in [0.15, 0.2) is 52.1 Å². The first kappa shape index (κ1) is 19.6. The minimum absolute atomic E-state index is 0.0201. The van der Waals surface area contributed by atoms with Crippen LogP contribution >= 0.6 is 11.3 Å². The number of benzene rings is 1. The normalized spacial score (nSPS) is 22.4. The summed E-state index contributed by atoms with van der Waals surface area (Å²) >= 11 is 1.22. The SMILES string of the molecule is O=C(NCC1(c2ccccc2)CCC1)C1CCCN(S(=O)(=O)c2cccs2)C1. The molecular formula is C21H26N2O3S2. The van der Waals surface area contributed by atoms with Crippen molar-refractivity contribution in [1.29, 1.82) is 0 Å². The van der Waals surface area contributed by atoms with Gasteiger partial charge in [0.05, 0.1) is 5.92 Å². The second kappa shape index (κ2) is 7.97. The zero-order valence-electron chi connectivity index (χ0n) is 15.8. The minimum Gasteiger partial charge on any atom is -0.355 e. The van der Waals surface area contributed by atoms with Crippen molar-refractivity contribution in [2.75, 3.05) is 19.6 Å². The molecule has 150 valence electrons. The van der Waals surface area contributed by atoms with Crippen LogP contribution in [0.4, 0.5) is 0 Å². The fourth-order valence-electron chi connectivity index (χ4n) is 4.28. The van der Waals surface area contributed by atoms with Crippen LogP contribution in [0.2, 0.25) is 0 Å². The molecule has 1 aromatic heterocycles. The molecular weight excluding hydrogens is 392 g/mol. The Morgan fingerprint density at radius 2 is 1.93 bits per heavy atom. The number of nitrogens with zero attached hydrogens (tertiary/aromatic N) is 1. The molecule has 7 heteroatoms. The molecule has 1 aliphatic heterocycles. The smallest absolute Gasteiger partial charge is 0.252 e. The van der Waals surface area contributed by atoms with Gasteiger partial charge in [-0.25, -0.2) is 8.42 Å². The molecule has 5 nitrogen and oxygen atoms in total. The first-order valence-corrected chi connectivity index (χ1v) is 12.2. The van der Waals surface area contributed by atoms with Crippen LogP contribution in [0.5, 0.6) is 0 Å². The Balaban J connectivity index is 1.40. The summed E-state index contributed by atoms with van der Waals surface area (Å²) in [5.74, 6) is -0.301. The highest BCUT2D eigenvalue weighted by atomic mass is 32.2. The van der Waals surface area contributed by atoms with Crippen LogP contribution in [0, 0.1) is 5.92 Å². The van der Waals surface area contributed by atoms with Gasteiger partial charge in [-0.1, -0.05) is 42.8 Å².